The third-order valence-corrected chi connectivity index (χ3v) is 4.25. The van der Waals surface area contributed by atoms with Crippen molar-refractivity contribution < 1.29 is 9.47 Å². The molecule has 5 heteroatoms. The highest BCUT2D eigenvalue weighted by molar-refractivity contribution is 5.80. The van der Waals surface area contributed by atoms with Crippen LogP contribution in [0.25, 0.3) is 17.0 Å². The highest BCUT2D eigenvalue weighted by Crippen LogP contribution is 2.31. The van der Waals surface area contributed by atoms with Crippen LogP contribution in [0.4, 0.5) is 0 Å². The van der Waals surface area contributed by atoms with Gasteiger partial charge in [0.05, 0.1) is 31.7 Å². The molecule has 0 amide bonds. The van der Waals surface area contributed by atoms with Crippen LogP contribution in [0.2, 0.25) is 0 Å². The molecule has 0 spiro atoms. The van der Waals surface area contributed by atoms with E-state index in [1.807, 2.05) is 30.5 Å². The molecule has 1 aromatic carbocycles. The molecule has 0 bridgehead atoms. The molecule has 1 aliphatic rings. The van der Waals surface area contributed by atoms with Crippen LogP contribution in [0.3, 0.4) is 0 Å². The highest BCUT2D eigenvalue weighted by Gasteiger charge is 2.23. The van der Waals surface area contributed by atoms with Crippen molar-refractivity contribution in [1.29, 1.82) is 0 Å². The maximum Gasteiger partial charge on any atom is 0.143 e. The maximum absolute atomic E-state index is 5.53. The molecule has 1 aliphatic heterocycles. The number of ether oxygens (including phenoxy) is 2. The zero-order valence-electron chi connectivity index (χ0n) is 13.6. The van der Waals surface area contributed by atoms with E-state index in [1.54, 1.807) is 14.2 Å². The van der Waals surface area contributed by atoms with Gasteiger partial charge >= 0.3 is 0 Å². The van der Waals surface area contributed by atoms with Crippen molar-refractivity contribution in [3.05, 3.63) is 71.5 Å². The summed E-state index contributed by atoms with van der Waals surface area (Å²) in [6.45, 7) is 0. The van der Waals surface area contributed by atoms with Crippen LogP contribution in [0.1, 0.15) is 17.4 Å². The van der Waals surface area contributed by atoms with Crippen LogP contribution in [0.5, 0.6) is 5.75 Å². The number of hydrogen-bond acceptors (Lipinski definition) is 3. The van der Waals surface area contributed by atoms with Crippen LogP contribution in [-0.2, 0) is 4.74 Å². The number of fused-ring (bicyclic) bond motifs is 1. The Morgan fingerprint density at radius 1 is 1.08 bits per heavy atom. The summed E-state index contributed by atoms with van der Waals surface area (Å²) in [6.07, 6.45) is 5.92. The van der Waals surface area contributed by atoms with E-state index in [2.05, 4.69) is 39.6 Å². The lowest BCUT2D eigenvalue weighted by atomic mass is 10.2. The number of para-hydroxylation sites is 1. The molecule has 0 radical (unpaired) electrons. The minimum absolute atomic E-state index is 0.0413. The third kappa shape index (κ3) is 2.44. The maximum atomic E-state index is 5.53. The van der Waals surface area contributed by atoms with Crippen molar-refractivity contribution in [2.45, 2.75) is 6.04 Å². The van der Waals surface area contributed by atoms with Crippen molar-refractivity contribution in [2.75, 3.05) is 14.2 Å². The van der Waals surface area contributed by atoms with Crippen molar-refractivity contribution in [1.82, 2.24) is 15.3 Å². The van der Waals surface area contributed by atoms with Gasteiger partial charge in [0.2, 0.25) is 0 Å². The Bertz CT molecular complexity index is 900. The quantitative estimate of drug-likeness (QED) is 0.686. The van der Waals surface area contributed by atoms with Gasteiger partial charge in [0.1, 0.15) is 11.5 Å². The molecule has 3 aromatic rings. The van der Waals surface area contributed by atoms with E-state index in [-0.39, 0.29) is 6.04 Å². The molecule has 0 saturated heterocycles. The molecule has 4 rings (SSSR count). The fraction of sp³-hybridized carbons (Fsp3) is 0.158. The van der Waals surface area contributed by atoms with Crippen molar-refractivity contribution in [3.63, 3.8) is 0 Å². The molecular formula is C19H19N3O2. The van der Waals surface area contributed by atoms with Gasteiger partial charge in [0, 0.05) is 17.4 Å². The summed E-state index contributed by atoms with van der Waals surface area (Å²) in [5.74, 6) is 1.61. The Labute approximate surface area is 140 Å². The van der Waals surface area contributed by atoms with Gasteiger partial charge in [-0.15, -0.1) is 0 Å². The molecule has 0 aliphatic carbocycles. The second-order valence-corrected chi connectivity index (χ2v) is 5.69. The first-order valence-corrected chi connectivity index (χ1v) is 7.82. The van der Waals surface area contributed by atoms with E-state index in [9.17, 15) is 0 Å². The van der Waals surface area contributed by atoms with Gasteiger partial charge in [-0.2, -0.15) is 0 Å². The summed E-state index contributed by atoms with van der Waals surface area (Å²) in [5.41, 5.74) is 4.06. The van der Waals surface area contributed by atoms with Crippen LogP contribution in [-0.4, -0.2) is 24.2 Å². The lowest BCUT2D eigenvalue weighted by Crippen LogP contribution is -2.13. The molecule has 3 N–H and O–H groups in total. The fourth-order valence-electron chi connectivity index (χ4n) is 3.05. The average molecular weight is 321 g/mol. The van der Waals surface area contributed by atoms with Gasteiger partial charge < -0.3 is 24.8 Å². The summed E-state index contributed by atoms with van der Waals surface area (Å²) >= 11 is 0. The van der Waals surface area contributed by atoms with E-state index in [4.69, 9.17) is 9.47 Å². The van der Waals surface area contributed by atoms with Gasteiger partial charge in [-0.05, 0) is 35.7 Å². The lowest BCUT2D eigenvalue weighted by molar-refractivity contribution is 0.302. The van der Waals surface area contributed by atoms with Crippen molar-refractivity contribution in [2.24, 2.45) is 0 Å². The lowest BCUT2D eigenvalue weighted by Gasteiger charge is -2.09. The number of nitrogens with one attached hydrogen (secondary N) is 3. The molecule has 5 nitrogen and oxygen atoms in total. The topological polar surface area (TPSA) is 62.1 Å². The van der Waals surface area contributed by atoms with Crippen molar-refractivity contribution in [3.8, 4) is 5.75 Å². The number of H-pyrrole nitrogens is 2. The van der Waals surface area contributed by atoms with Gasteiger partial charge in [0.25, 0.3) is 0 Å². The number of benzene rings is 1. The van der Waals surface area contributed by atoms with E-state index < -0.39 is 0 Å². The average Bonchev–Trinajstić information content (AvgIpc) is 3.32. The zero-order chi connectivity index (χ0) is 16.5. The molecular weight excluding hydrogens is 302 g/mol. The standard InChI is InChI=1S/C19H19N3O2/c1-23-18-7-8-20-16(18)10-17-19(24-2)11-15(22-17)14-9-12-5-3-4-6-13(12)21-14/h3-11,15,20-22H,1-2H3/b17-10-/t15-/m1/s1. The van der Waals surface area contributed by atoms with Crippen LogP contribution in [0, 0.1) is 0 Å². The van der Waals surface area contributed by atoms with Crippen LogP contribution in [0.15, 0.2) is 60.1 Å². The second-order valence-electron chi connectivity index (χ2n) is 5.69. The predicted molar refractivity (Wildman–Crippen MR) is 94.6 cm³/mol. The summed E-state index contributed by atoms with van der Waals surface area (Å²) in [4.78, 5) is 6.63. The molecule has 1 atom stereocenters. The minimum Gasteiger partial charge on any atom is -0.495 e. The van der Waals surface area contributed by atoms with E-state index in [0.29, 0.717) is 0 Å². The normalized spacial score (nSPS) is 18.7. The number of methoxy groups -OCH3 is 2. The summed E-state index contributed by atoms with van der Waals surface area (Å²) in [6, 6.07) is 12.4. The number of aromatic amines is 2. The molecule has 2 aromatic heterocycles. The Morgan fingerprint density at radius 2 is 1.96 bits per heavy atom. The van der Waals surface area contributed by atoms with E-state index in [1.165, 1.54) is 5.39 Å². The Morgan fingerprint density at radius 3 is 2.75 bits per heavy atom. The van der Waals surface area contributed by atoms with Gasteiger partial charge in [-0.1, -0.05) is 18.2 Å². The third-order valence-electron chi connectivity index (χ3n) is 4.25. The number of rotatable bonds is 4. The number of hydrogen-bond donors (Lipinski definition) is 3. The predicted octanol–water partition coefficient (Wildman–Crippen LogP) is 3.72. The highest BCUT2D eigenvalue weighted by atomic mass is 16.5. The summed E-state index contributed by atoms with van der Waals surface area (Å²) in [7, 11) is 3.34. The summed E-state index contributed by atoms with van der Waals surface area (Å²) < 4.78 is 10.9. The van der Waals surface area contributed by atoms with E-state index in [0.717, 1.165) is 34.1 Å². The fourth-order valence-corrected chi connectivity index (χ4v) is 3.05. The first-order chi connectivity index (χ1) is 11.8. The van der Waals surface area contributed by atoms with Gasteiger partial charge in [0.15, 0.2) is 0 Å². The van der Waals surface area contributed by atoms with Gasteiger partial charge in [-0.25, -0.2) is 0 Å². The van der Waals surface area contributed by atoms with Crippen LogP contribution < -0.4 is 10.1 Å². The largest absolute Gasteiger partial charge is 0.495 e. The first-order valence-electron chi connectivity index (χ1n) is 7.82. The van der Waals surface area contributed by atoms with E-state index >= 15 is 0 Å². The van der Waals surface area contributed by atoms with Gasteiger partial charge in [-0.3, -0.25) is 0 Å². The molecule has 0 fully saturated rings. The second kappa shape index (κ2) is 5.85. The Kier molecular flexibility index (Phi) is 3.54. The first kappa shape index (κ1) is 14.5. The number of aromatic nitrogens is 2. The minimum atomic E-state index is 0.0413. The molecule has 24 heavy (non-hydrogen) atoms. The molecule has 0 saturated carbocycles. The Balaban J connectivity index is 1.67. The van der Waals surface area contributed by atoms with Crippen molar-refractivity contribution >= 4 is 17.0 Å². The van der Waals surface area contributed by atoms with Crippen LogP contribution >= 0.6 is 0 Å². The molecule has 3 heterocycles. The smallest absolute Gasteiger partial charge is 0.143 e. The SMILES string of the molecule is COC1=C[C@H](c2cc3ccccc3[nH]2)N/C1=C\c1[nH]ccc1OC. The molecule has 122 valence electrons. The Hall–Kier alpha value is -3.08. The molecule has 0 unspecified atom stereocenters. The monoisotopic (exact) mass is 321 g/mol. The zero-order valence-corrected chi connectivity index (χ0v) is 13.6. The summed E-state index contributed by atoms with van der Waals surface area (Å²) in [5, 5.41) is 4.69.